The molecule has 0 saturated heterocycles. The highest BCUT2D eigenvalue weighted by Crippen LogP contribution is 2.29. The number of hydrogen-bond acceptors (Lipinski definition) is 2. The number of benzene rings is 1. The minimum absolute atomic E-state index is 0.184. The lowest BCUT2D eigenvalue weighted by Crippen LogP contribution is -1.98. The molecule has 1 aliphatic rings. The van der Waals surface area contributed by atoms with Crippen molar-refractivity contribution >= 4 is 5.78 Å². The minimum atomic E-state index is 0.184. The molecule has 0 bridgehead atoms. The highest BCUT2D eigenvalue weighted by atomic mass is 16.5. The Morgan fingerprint density at radius 3 is 3.15 bits per heavy atom. The first-order valence-electron chi connectivity index (χ1n) is 4.50. The maximum atomic E-state index is 11.0. The molecule has 1 aromatic rings. The highest BCUT2D eigenvalue weighted by molar-refractivity contribution is 5.79. The van der Waals surface area contributed by atoms with Crippen LogP contribution in [0.3, 0.4) is 0 Å². The lowest BCUT2D eigenvalue weighted by atomic mass is 10.0. The number of carbonyl (C=O) groups is 1. The Labute approximate surface area is 77.5 Å². The Kier molecular flexibility index (Phi) is 2.05. The van der Waals surface area contributed by atoms with Crippen LogP contribution in [0.4, 0.5) is 0 Å². The maximum absolute atomic E-state index is 11.0. The number of Topliss-reactive ketones (excluding diaryl/α,β-unsaturated/α-hetero) is 1. The molecular formula is C11H12O2. The topological polar surface area (TPSA) is 26.3 Å². The zero-order valence-corrected chi connectivity index (χ0v) is 7.67. The van der Waals surface area contributed by atoms with Gasteiger partial charge in [-0.05, 0) is 12.5 Å². The summed E-state index contributed by atoms with van der Waals surface area (Å²) in [6.07, 6.45) is 1.46. The molecular weight excluding hydrogens is 164 g/mol. The van der Waals surface area contributed by atoms with E-state index in [9.17, 15) is 4.79 Å². The van der Waals surface area contributed by atoms with Gasteiger partial charge < -0.3 is 4.74 Å². The molecule has 0 fully saturated rings. The number of para-hydroxylation sites is 1. The number of carbonyl (C=O) groups excluding carboxylic acids is 1. The number of ketones is 1. The Bertz CT molecular complexity index is 342. The summed E-state index contributed by atoms with van der Waals surface area (Å²) in [7, 11) is 0. The van der Waals surface area contributed by atoms with Gasteiger partial charge in [-0.25, -0.2) is 0 Å². The third kappa shape index (κ3) is 1.57. The number of hydrogen-bond donors (Lipinski definition) is 0. The van der Waals surface area contributed by atoms with E-state index in [2.05, 4.69) is 6.07 Å². The van der Waals surface area contributed by atoms with E-state index < -0.39 is 0 Å². The fourth-order valence-corrected chi connectivity index (χ4v) is 1.69. The average molecular weight is 176 g/mol. The average Bonchev–Trinajstić information content (AvgIpc) is 2.51. The summed E-state index contributed by atoms with van der Waals surface area (Å²) in [5.74, 6) is 1.13. The third-order valence-electron chi connectivity index (χ3n) is 2.24. The van der Waals surface area contributed by atoms with Crippen LogP contribution in [0.15, 0.2) is 18.2 Å². The minimum Gasteiger partial charge on any atom is -0.493 e. The summed E-state index contributed by atoms with van der Waals surface area (Å²) in [5.41, 5.74) is 2.27. The van der Waals surface area contributed by atoms with Crippen molar-refractivity contribution in [3.05, 3.63) is 29.3 Å². The molecule has 2 heteroatoms. The van der Waals surface area contributed by atoms with Crippen LogP contribution >= 0.6 is 0 Å². The van der Waals surface area contributed by atoms with Gasteiger partial charge in [0.1, 0.15) is 11.5 Å². The molecule has 2 rings (SSSR count). The number of fused-ring (bicyclic) bond motifs is 1. The molecule has 13 heavy (non-hydrogen) atoms. The molecule has 0 radical (unpaired) electrons. The van der Waals surface area contributed by atoms with E-state index in [-0.39, 0.29) is 5.78 Å². The Morgan fingerprint density at radius 2 is 2.38 bits per heavy atom. The fraction of sp³-hybridized carbons (Fsp3) is 0.364. The predicted molar refractivity (Wildman–Crippen MR) is 50.0 cm³/mol. The van der Waals surface area contributed by atoms with E-state index in [1.54, 1.807) is 6.92 Å². The lowest BCUT2D eigenvalue weighted by molar-refractivity contribution is -0.116. The standard InChI is InChI=1S/C11H12O2/c1-8(12)7-10-4-2-3-9-5-6-13-11(9)10/h2-4H,5-7H2,1H3. The molecule has 68 valence electrons. The van der Waals surface area contributed by atoms with E-state index in [4.69, 9.17) is 4.74 Å². The van der Waals surface area contributed by atoms with Crippen LogP contribution in [-0.4, -0.2) is 12.4 Å². The van der Waals surface area contributed by atoms with Crippen LogP contribution in [0, 0.1) is 0 Å². The Balaban J connectivity index is 2.36. The van der Waals surface area contributed by atoms with Gasteiger partial charge in [0.2, 0.25) is 0 Å². The van der Waals surface area contributed by atoms with Crippen LogP contribution in [-0.2, 0) is 17.6 Å². The second-order valence-electron chi connectivity index (χ2n) is 3.38. The molecule has 0 unspecified atom stereocenters. The van der Waals surface area contributed by atoms with Gasteiger partial charge >= 0.3 is 0 Å². The highest BCUT2D eigenvalue weighted by Gasteiger charge is 2.15. The SMILES string of the molecule is CC(=O)Cc1cccc2c1OCC2. The van der Waals surface area contributed by atoms with Gasteiger partial charge in [0.15, 0.2) is 0 Å². The molecule has 0 saturated carbocycles. The molecule has 0 atom stereocenters. The van der Waals surface area contributed by atoms with Crippen molar-refractivity contribution in [2.75, 3.05) is 6.61 Å². The monoisotopic (exact) mass is 176 g/mol. The first-order valence-corrected chi connectivity index (χ1v) is 4.50. The van der Waals surface area contributed by atoms with Crippen LogP contribution < -0.4 is 4.74 Å². The van der Waals surface area contributed by atoms with Crippen LogP contribution in [0.2, 0.25) is 0 Å². The van der Waals surface area contributed by atoms with E-state index in [1.807, 2.05) is 12.1 Å². The maximum Gasteiger partial charge on any atom is 0.134 e. The summed E-state index contributed by atoms with van der Waals surface area (Å²) in [5, 5.41) is 0. The Morgan fingerprint density at radius 1 is 1.54 bits per heavy atom. The van der Waals surface area contributed by atoms with Crippen molar-refractivity contribution < 1.29 is 9.53 Å². The first-order chi connectivity index (χ1) is 6.27. The number of ether oxygens (including phenoxy) is 1. The quantitative estimate of drug-likeness (QED) is 0.686. The van der Waals surface area contributed by atoms with Crippen molar-refractivity contribution in [2.24, 2.45) is 0 Å². The largest absolute Gasteiger partial charge is 0.493 e. The second-order valence-corrected chi connectivity index (χ2v) is 3.38. The van der Waals surface area contributed by atoms with E-state index in [0.717, 1.165) is 24.3 Å². The molecule has 2 nitrogen and oxygen atoms in total. The Hall–Kier alpha value is -1.31. The summed E-state index contributed by atoms with van der Waals surface area (Å²) in [4.78, 5) is 11.0. The van der Waals surface area contributed by atoms with E-state index in [1.165, 1.54) is 5.56 Å². The van der Waals surface area contributed by atoms with Crippen LogP contribution in [0.5, 0.6) is 5.75 Å². The summed E-state index contributed by atoms with van der Waals surface area (Å²) >= 11 is 0. The zero-order valence-electron chi connectivity index (χ0n) is 7.67. The number of rotatable bonds is 2. The molecule has 1 aliphatic heterocycles. The van der Waals surface area contributed by atoms with Crippen molar-refractivity contribution in [3.8, 4) is 5.75 Å². The third-order valence-corrected chi connectivity index (χ3v) is 2.24. The van der Waals surface area contributed by atoms with Crippen molar-refractivity contribution in [2.45, 2.75) is 19.8 Å². The van der Waals surface area contributed by atoms with Gasteiger partial charge in [0, 0.05) is 18.4 Å². The van der Waals surface area contributed by atoms with E-state index in [0.29, 0.717) is 6.42 Å². The van der Waals surface area contributed by atoms with Crippen LogP contribution in [0.1, 0.15) is 18.1 Å². The van der Waals surface area contributed by atoms with Gasteiger partial charge in [-0.15, -0.1) is 0 Å². The van der Waals surface area contributed by atoms with Crippen molar-refractivity contribution in [3.63, 3.8) is 0 Å². The zero-order chi connectivity index (χ0) is 9.26. The van der Waals surface area contributed by atoms with Gasteiger partial charge in [0.25, 0.3) is 0 Å². The molecule has 0 aliphatic carbocycles. The molecule has 1 heterocycles. The van der Waals surface area contributed by atoms with Crippen LogP contribution in [0.25, 0.3) is 0 Å². The van der Waals surface area contributed by atoms with Gasteiger partial charge in [0.05, 0.1) is 6.61 Å². The smallest absolute Gasteiger partial charge is 0.134 e. The summed E-state index contributed by atoms with van der Waals surface area (Å²) in [6.45, 7) is 2.36. The molecule has 0 aromatic heterocycles. The molecule has 0 spiro atoms. The summed E-state index contributed by atoms with van der Waals surface area (Å²) in [6, 6.07) is 6.02. The first kappa shape index (κ1) is 8.30. The normalized spacial score (nSPS) is 13.6. The lowest BCUT2D eigenvalue weighted by Gasteiger charge is -2.05. The van der Waals surface area contributed by atoms with Crippen molar-refractivity contribution in [1.82, 2.24) is 0 Å². The fourth-order valence-electron chi connectivity index (χ4n) is 1.69. The second kappa shape index (κ2) is 3.21. The van der Waals surface area contributed by atoms with Gasteiger partial charge in [-0.3, -0.25) is 4.79 Å². The predicted octanol–water partition coefficient (Wildman–Crippen LogP) is 1.75. The van der Waals surface area contributed by atoms with E-state index >= 15 is 0 Å². The molecule has 1 aromatic carbocycles. The molecule has 0 N–H and O–H groups in total. The molecule has 0 amide bonds. The van der Waals surface area contributed by atoms with Crippen molar-refractivity contribution in [1.29, 1.82) is 0 Å². The summed E-state index contributed by atoms with van der Waals surface area (Å²) < 4.78 is 5.48. The van der Waals surface area contributed by atoms with Gasteiger partial charge in [-0.2, -0.15) is 0 Å². The van der Waals surface area contributed by atoms with Gasteiger partial charge in [-0.1, -0.05) is 18.2 Å².